The highest BCUT2D eigenvalue weighted by Gasteiger charge is 2.32. The van der Waals surface area contributed by atoms with Crippen molar-refractivity contribution in [3.05, 3.63) is 94.2 Å². The second-order valence-electron chi connectivity index (χ2n) is 10.8. The number of carboxylic acids is 1. The van der Waals surface area contributed by atoms with Crippen LogP contribution in [0.2, 0.25) is 0 Å². The second-order valence-corrected chi connectivity index (χ2v) is 11.8. The quantitative estimate of drug-likeness (QED) is 0.253. The highest BCUT2D eigenvalue weighted by molar-refractivity contribution is 7.99. The number of carboxylic acid groups (broad SMARTS) is 1. The van der Waals surface area contributed by atoms with Crippen LogP contribution in [0.4, 0.5) is 8.78 Å². The van der Waals surface area contributed by atoms with Gasteiger partial charge in [0.05, 0.1) is 12.0 Å². The van der Waals surface area contributed by atoms with Crippen molar-refractivity contribution in [2.24, 2.45) is 5.41 Å². The first-order valence-corrected chi connectivity index (χ1v) is 13.3. The largest absolute Gasteiger partial charge is 0.481 e. The Morgan fingerprint density at radius 3 is 2.41 bits per heavy atom. The summed E-state index contributed by atoms with van der Waals surface area (Å²) in [6, 6.07) is 16.2. The molecule has 3 aromatic carbocycles. The van der Waals surface area contributed by atoms with Crippen LogP contribution in [0.5, 0.6) is 0 Å². The van der Waals surface area contributed by atoms with Gasteiger partial charge < -0.3 is 9.67 Å². The van der Waals surface area contributed by atoms with Crippen molar-refractivity contribution in [1.29, 1.82) is 0 Å². The summed E-state index contributed by atoms with van der Waals surface area (Å²) in [6.45, 7) is 12.0. The molecule has 1 heterocycles. The molecule has 0 aliphatic heterocycles. The number of aryl methyl sites for hydroxylation is 2. The lowest BCUT2D eigenvalue weighted by molar-refractivity contribution is -0.146. The van der Waals surface area contributed by atoms with Crippen LogP contribution < -0.4 is 0 Å². The van der Waals surface area contributed by atoms with E-state index in [-0.39, 0.29) is 13.0 Å². The number of fused-ring (bicyclic) bond motifs is 1. The number of aliphatic carboxylic acids is 1. The van der Waals surface area contributed by atoms with Crippen LogP contribution in [0.3, 0.4) is 0 Å². The monoisotopic (exact) mass is 521 g/mol. The van der Waals surface area contributed by atoms with E-state index in [1.54, 1.807) is 25.6 Å². The number of benzene rings is 3. The van der Waals surface area contributed by atoms with E-state index in [0.29, 0.717) is 11.5 Å². The van der Waals surface area contributed by atoms with Gasteiger partial charge in [-0.15, -0.1) is 0 Å². The van der Waals surface area contributed by atoms with E-state index in [1.165, 1.54) is 17.7 Å². The summed E-state index contributed by atoms with van der Waals surface area (Å²) in [5.74, 6) is -1.84. The van der Waals surface area contributed by atoms with Crippen LogP contribution >= 0.6 is 11.8 Å². The highest BCUT2D eigenvalue weighted by atomic mass is 32.2. The Labute approximate surface area is 221 Å². The molecule has 0 bridgehead atoms. The molecule has 0 amide bonds. The number of aromatic nitrogens is 1. The van der Waals surface area contributed by atoms with Crippen molar-refractivity contribution in [1.82, 2.24) is 4.57 Å². The molecule has 0 saturated carbocycles. The van der Waals surface area contributed by atoms with E-state index in [9.17, 15) is 18.7 Å². The standard InChI is InChI=1S/C31H33F2NO2S/c1-18(2)21-10-12-26-24(14-21)29(37-28-13-19(3)7-8-20(28)4)27(16-31(5,6)30(35)36)34(26)17-22-9-11-23(32)15-25(22)33/h7-15,18H,16-17H2,1-6H3,(H,35,36). The van der Waals surface area contributed by atoms with Gasteiger partial charge in [-0.3, -0.25) is 4.79 Å². The maximum atomic E-state index is 14.8. The molecule has 6 heteroatoms. The van der Waals surface area contributed by atoms with E-state index in [2.05, 4.69) is 58.0 Å². The van der Waals surface area contributed by atoms with Crippen molar-refractivity contribution in [2.45, 2.75) is 70.2 Å². The first-order chi connectivity index (χ1) is 17.4. The zero-order valence-corrected chi connectivity index (χ0v) is 23.0. The lowest BCUT2D eigenvalue weighted by Gasteiger charge is -2.22. The molecule has 0 aliphatic carbocycles. The number of halogens is 2. The fourth-order valence-corrected chi connectivity index (χ4v) is 5.73. The van der Waals surface area contributed by atoms with Crippen LogP contribution in [-0.4, -0.2) is 15.6 Å². The van der Waals surface area contributed by atoms with Crippen molar-refractivity contribution >= 4 is 28.6 Å². The zero-order chi connectivity index (χ0) is 27.1. The zero-order valence-electron chi connectivity index (χ0n) is 22.2. The van der Waals surface area contributed by atoms with Crippen molar-refractivity contribution in [2.75, 3.05) is 0 Å². The number of nitrogens with zero attached hydrogens (tertiary/aromatic N) is 1. The van der Waals surface area contributed by atoms with Crippen LogP contribution in [-0.2, 0) is 17.8 Å². The summed E-state index contributed by atoms with van der Waals surface area (Å²) in [5.41, 5.74) is 4.47. The third kappa shape index (κ3) is 5.59. The van der Waals surface area contributed by atoms with Gasteiger partial charge in [-0.1, -0.05) is 49.9 Å². The first kappa shape index (κ1) is 26.9. The Morgan fingerprint density at radius 2 is 1.76 bits per heavy atom. The van der Waals surface area contributed by atoms with Crippen LogP contribution in [0, 0.1) is 30.9 Å². The molecule has 0 fully saturated rings. The summed E-state index contributed by atoms with van der Waals surface area (Å²) >= 11 is 1.63. The highest BCUT2D eigenvalue weighted by Crippen LogP contribution is 2.43. The number of rotatable bonds is 8. The van der Waals surface area contributed by atoms with Crippen molar-refractivity contribution < 1.29 is 18.7 Å². The molecule has 0 unspecified atom stereocenters. The van der Waals surface area contributed by atoms with E-state index in [4.69, 9.17) is 0 Å². The van der Waals surface area contributed by atoms with Crippen LogP contribution in [0.25, 0.3) is 10.9 Å². The SMILES string of the molecule is Cc1ccc(C)c(Sc2c(CC(C)(C)C(=O)O)n(Cc3ccc(F)cc3F)c3ccc(C(C)C)cc23)c1. The Balaban J connectivity index is 2.01. The molecule has 0 spiro atoms. The third-order valence-corrected chi connectivity index (χ3v) is 8.22. The summed E-state index contributed by atoms with van der Waals surface area (Å²) in [6.07, 6.45) is 0.254. The second kappa shape index (κ2) is 10.3. The average molecular weight is 522 g/mol. The van der Waals surface area contributed by atoms with Gasteiger partial charge >= 0.3 is 5.97 Å². The Bertz CT molecular complexity index is 1490. The van der Waals surface area contributed by atoms with Gasteiger partial charge in [0.25, 0.3) is 0 Å². The third-order valence-electron chi connectivity index (χ3n) is 6.90. The number of carbonyl (C=O) groups is 1. The maximum Gasteiger partial charge on any atom is 0.309 e. The number of hydrogen-bond donors (Lipinski definition) is 1. The summed E-state index contributed by atoms with van der Waals surface area (Å²) in [5, 5.41) is 11.0. The minimum absolute atomic E-state index is 0.169. The molecular weight excluding hydrogens is 488 g/mol. The Morgan fingerprint density at radius 1 is 1.03 bits per heavy atom. The normalized spacial score (nSPS) is 12.0. The number of hydrogen-bond acceptors (Lipinski definition) is 2. The molecule has 0 saturated heterocycles. The fourth-order valence-electron chi connectivity index (χ4n) is 4.47. The lowest BCUT2D eigenvalue weighted by atomic mass is 9.88. The molecule has 4 aromatic rings. The van der Waals surface area contributed by atoms with Crippen LogP contribution in [0.15, 0.2) is 64.4 Å². The first-order valence-electron chi connectivity index (χ1n) is 12.4. The smallest absolute Gasteiger partial charge is 0.309 e. The minimum Gasteiger partial charge on any atom is -0.481 e. The summed E-state index contributed by atoms with van der Waals surface area (Å²) < 4.78 is 30.5. The van der Waals surface area contributed by atoms with Gasteiger partial charge in [0.2, 0.25) is 0 Å². The van der Waals surface area contributed by atoms with Crippen LogP contribution in [0.1, 0.15) is 61.6 Å². The molecule has 37 heavy (non-hydrogen) atoms. The van der Waals surface area contributed by atoms with E-state index in [0.717, 1.165) is 43.6 Å². The molecule has 0 radical (unpaired) electrons. The molecular formula is C31H33F2NO2S. The Kier molecular flexibility index (Phi) is 7.52. The van der Waals surface area contributed by atoms with Gasteiger partial charge in [-0.2, -0.15) is 0 Å². The topological polar surface area (TPSA) is 42.2 Å². The summed E-state index contributed by atoms with van der Waals surface area (Å²) in [7, 11) is 0. The van der Waals surface area contributed by atoms with Gasteiger partial charge in [0.15, 0.2) is 0 Å². The minimum atomic E-state index is -1.05. The van der Waals surface area contributed by atoms with Gasteiger partial charge in [0.1, 0.15) is 11.6 Å². The lowest BCUT2D eigenvalue weighted by Crippen LogP contribution is -2.27. The maximum absolute atomic E-state index is 14.8. The van der Waals surface area contributed by atoms with Gasteiger partial charge in [0, 0.05) is 44.4 Å². The average Bonchev–Trinajstić information content (AvgIpc) is 3.09. The van der Waals surface area contributed by atoms with Gasteiger partial charge in [-0.25, -0.2) is 8.78 Å². The molecule has 4 rings (SSSR count). The molecule has 1 aromatic heterocycles. The summed E-state index contributed by atoms with van der Waals surface area (Å²) in [4.78, 5) is 14.3. The predicted octanol–water partition coefficient (Wildman–Crippen LogP) is 8.51. The van der Waals surface area contributed by atoms with Crippen molar-refractivity contribution in [3.63, 3.8) is 0 Å². The fraction of sp³-hybridized carbons (Fsp3) is 0.323. The van der Waals surface area contributed by atoms with E-state index >= 15 is 0 Å². The van der Waals surface area contributed by atoms with E-state index < -0.39 is 23.0 Å². The Hall–Kier alpha value is -3.12. The molecule has 1 N–H and O–H groups in total. The molecule has 194 valence electrons. The molecule has 3 nitrogen and oxygen atoms in total. The predicted molar refractivity (Wildman–Crippen MR) is 147 cm³/mol. The molecule has 0 aliphatic rings. The molecule has 0 atom stereocenters. The van der Waals surface area contributed by atoms with E-state index in [1.807, 2.05) is 10.6 Å². The van der Waals surface area contributed by atoms with Gasteiger partial charge in [-0.05, 0) is 74.6 Å². The van der Waals surface area contributed by atoms with Crippen molar-refractivity contribution in [3.8, 4) is 0 Å².